The number of halogens is 1. The van der Waals surface area contributed by atoms with E-state index in [-0.39, 0.29) is 6.10 Å². The molecule has 1 saturated heterocycles. The van der Waals surface area contributed by atoms with Gasteiger partial charge in [-0.05, 0) is 43.3 Å². The molecule has 2 aromatic heterocycles. The van der Waals surface area contributed by atoms with Crippen LogP contribution in [0.2, 0.25) is 5.02 Å². The van der Waals surface area contributed by atoms with Crippen molar-refractivity contribution in [1.29, 1.82) is 0 Å². The van der Waals surface area contributed by atoms with Crippen LogP contribution in [0.25, 0.3) is 10.9 Å². The van der Waals surface area contributed by atoms with E-state index >= 15 is 0 Å². The number of fused-ring (bicyclic) bond motifs is 1. The third-order valence-electron chi connectivity index (χ3n) is 5.89. The zero-order chi connectivity index (χ0) is 21.2. The molecule has 4 aromatic rings. The van der Waals surface area contributed by atoms with Gasteiger partial charge < -0.3 is 19.9 Å². The van der Waals surface area contributed by atoms with Gasteiger partial charge in [0, 0.05) is 66.2 Å². The number of nitrogens with one attached hydrogen (secondary N) is 2. The summed E-state index contributed by atoms with van der Waals surface area (Å²) < 4.78 is 6.15. The van der Waals surface area contributed by atoms with Crippen LogP contribution in [0.1, 0.15) is 18.4 Å². The van der Waals surface area contributed by atoms with Crippen LogP contribution in [0.5, 0.6) is 5.75 Å². The fourth-order valence-corrected chi connectivity index (χ4v) is 4.51. The van der Waals surface area contributed by atoms with Gasteiger partial charge >= 0.3 is 0 Å². The van der Waals surface area contributed by atoms with Crippen molar-refractivity contribution in [2.24, 2.45) is 0 Å². The van der Waals surface area contributed by atoms with E-state index in [2.05, 4.69) is 39.2 Å². The standard InChI is InChI=1S/C25H25ClN4O/c1-17-24(30-13-9-20(10-14-30)31-19-5-3-2-4-6-19)8-12-28-25(17)29-18-15-22(26)21-7-11-27-23(21)16-18/h2-8,11-12,15-16,20,27H,9-10,13-14H2,1H3,(H,28,29). The zero-order valence-electron chi connectivity index (χ0n) is 17.4. The Bertz CT molecular complexity index is 1180. The van der Waals surface area contributed by atoms with E-state index in [1.54, 1.807) is 0 Å². The molecule has 5 rings (SSSR count). The van der Waals surface area contributed by atoms with Gasteiger partial charge in [-0.15, -0.1) is 0 Å². The van der Waals surface area contributed by atoms with Gasteiger partial charge in [-0.1, -0.05) is 29.8 Å². The molecule has 1 aliphatic heterocycles. The molecule has 0 aliphatic carbocycles. The van der Waals surface area contributed by atoms with Crippen molar-refractivity contribution < 1.29 is 4.74 Å². The molecule has 1 fully saturated rings. The quantitative estimate of drug-likeness (QED) is 0.387. The van der Waals surface area contributed by atoms with Crippen molar-refractivity contribution in [1.82, 2.24) is 9.97 Å². The zero-order valence-corrected chi connectivity index (χ0v) is 18.2. The van der Waals surface area contributed by atoms with E-state index in [1.807, 2.05) is 54.9 Å². The maximum atomic E-state index is 6.43. The Balaban J connectivity index is 1.29. The highest BCUT2D eigenvalue weighted by atomic mass is 35.5. The molecule has 0 unspecified atom stereocenters. The lowest BCUT2D eigenvalue weighted by Gasteiger charge is -2.34. The number of ether oxygens (including phenoxy) is 1. The molecule has 2 N–H and O–H groups in total. The lowest BCUT2D eigenvalue weighted by atomic mass is 10.1. The number of rotatable bonds is 5. The van der Waals surface area contributed by atoms with Crippen LogP contribution in [0, 0.1) is 6.92 Å². The van der Waals surface area contributed by atoms with Crippen LogP contribution in [-0.4, -0.2) is 29.2 Å². The summed E-state index contributed by atoms with van der Waals surface area (Å²) in [5, 5.41) is 5.19. The number of para-hydroxylation sites is 1. The second kappa shape index (κ2) is 8.52. The van der Waals surface area contributed by atoms with E-state index in [4.69, 9.17) is 16.3 Å². The minimum atomic E-state index is 0.257. The van der Waals surface area contributed by atoms with Crippen LogP contribution in [0.4, 0.5) is 17.2 Å². The first-order chi connectivity index (χ1) is 15.2. The summed E-state index contributed by atoms with van der Waals surface area (Å²) in [6.07, 6.45) is 6.02. The molecular formula is C25H25ClN4O. The molecular weight excluding hydrogens is 408 g/mol. The lowest BCUT2D eigenvalue weighted by Crippen LogP contribution is -2.38. The minimum Gasteiger partial charge on any atom is -0.490 e. The molecule has 0 spiro atoms. The summed E-state index contributed by atoms with van der Waals surface area (Å²) in [7, 11) is 0. The number of pyridine rings is 1. The summed E-state index contributed by atoms with van der Waals surface area (Å²) in [5.41, 5.74) is 4.27. The first-order valence-corrected chi connectivity index (χ1v) is 11.0. The van der Waals surface area contributed by atoms with Crippen LogP contribution >= 0.6 is 11.6 Å². The number of hydrogen-bond acceptors (Lipinski definition) is 4. The molecule has 31 heavy (non-hydrogen) atoms. The Kier molecular flexibility index (Phi) is 5.43. The highest BCUT2D eigenvalue weighted by molar-refractivity contribution is 6.35. The highest BCUT2D eigenvalue weighted by Crippen LogP contribution is 2.32. The van der Waals surface area contributed by atoms with Gasteiger partial charge in [0.2, 0.25) is 0 Å². The summed E-state index contributed by atoms with van der Waals surface area (Å²) in [6, 6.07) is 18.2. The van der Waals surface area contributed by atoms with Crippen LogP contribution in [0.3, 0.4) is 0 Å². The van der Waals surface area contributed by atoms with Crippen LogP contribution in [-0.2, 0) is 0 Å². The number of piperidine rings is 1. The maximum Gasteiger partial charge on any atom is 0.135 e. The van der Waals surface area contributed by atoms with Gasteiger partial charge in [0.25, 0.3) is 0 Å². The van der Waals surface area contributed by atoms with Gasteiger partial charge in [0.1, 0.15) is 17.7 Å². The number of benzene rings is 2. The number of H-pyrrole nitrogens is 1. The SMILES string of the molecule is Cc1c(N2CCC(Oc3ccccc3)CC2)ccnc1Nc1cc(Cl)c2cc[nH]c2c1. The lowest BCUT2D eigenvalue weighted by molar-refractivity contribution is 0.171. The summed E-state index contributed by atoms with van der Waals surface area (Å²) in [4.78, 5) is 10.2. The third kappa shape index (κ3) is 4.19. The number of aromatic nitrogens is 2. The molecule has 0 bridgehead atoms. The van der Waals surface area contributed by atoms with E-state index in [1.165, 1.54) is 5.69 Å². The van der Waals surface area contributed by atoms with Crippen LogP contribution in [0.15, 0.2) is 67.0 Å². The van der Waals surface area contributed by atoms with Crippen molar-refractivity contribution in [3.8, 4) is 5.75 Å². The number of hydrogen-bond donors (Lipinski definition) is 2. The Hall–Kier alpha value is -3.18. The van der Waals surface area contributed by atoms with Gasteiger partial charge in [0.15, 0.2) is 0 Å². The molecule has 0 radical (unpaired) electrons. The molecule has 3 heterocycles. The predicted molar refractivity (Wildman–Crippen MR) is 128 cm³/mol. The number of anilines is 3. The topological polar surface area (TPSA) is 53.2 Å². The first kappa shape index (κ1) is 19.8. The van der Waals surface area contributed by atoms with E-state index in [9.17, 15) is 0 Å². The highest BCUT2D eigenvalue weighted by Gasteiger charge is 2.22. The second-order valence-corrected chi connectivity index (χ2v) is 8.35. The van der Waals surface area contributed by atoms with Crippen molar-refractivity contribution >= 4 is 39.7 Å². The van der Waals surface area contributed by atoms with Gasteiger partial charge in [-0.3, -0.25) is 0 Å². The average Bonchev–Trinajstić information content (AvgIpc) is 3.26. The fraction of sp³-hybridized carbons (Fsp3) is 0.240. The molecule has 6 heteroatoms. The van der Waals surface area contributed by atoms with Crippen molar-refractivity contribution in [2.75, 3.05) is 23.3 Å². The van der Waals surface area contributed by atoms with Crippen molar-refractivity contribution in [3.63, 3.8) is 0 Å². The van der Waals surface area contributed by atoms with Gasteiger partial charge in [-0.25, -0.2) is 4.98 Å². The third-order valence-corrected chi connectivity index (χ3v) is 6.20. The smallest absolute Gasteiger partial charge is 0.135 e. The molecule has 5 nitrogen and oxygen atoms in total. The Morgan fingerprint density at radius 1 is 1.10 bits per heavy atom. The van der Waals surface area contributed by atoms with Crippen molar-refractivity contribution in [3.05, 3.63) is 77.6 Å². The molecule has 158 valence electrons. The minimum absolute atomic E-state index is 0.257. The molecule has 1 aliphatic rings. The summed E-state index contributed by atoms with van der Waals surface area (Å²) in [6.45, 7) is 4.04. The largest absolute Gasteiger partial charge is 0.490 e. The normalized spacial score (nSPS) is 14.7. The molecule has 0 amide bonds. The first-order valence-electron chi connectivity index (χ1n) is 10.6. The average molecular weight is 433 g/mol. The van der Waals surface area contributed by atoms with E-state index in [0.717, 1.165) is 64.7 Å². The van der Waals surface area contributed by atoms with Gasteiger partial charge in [-0.2, -0.15) is 0 Å². The number of nitrogens with zero attached hydrogens (tertiary/aromatic N) is 2. The fourth-order valence-electron chi connectivity index (χ4n) is 4.23. The van der Waals surface area contributed by atoms with Gasteiger partial charge in [0.05, 0.1) is 5.02 Å². The molecule has 0 saturated carbocycles. The Morgan fingerprint density at radius 3 is 2.71 bits per heavy atom. The molecule has 2 aromatic carbocycles. The van der Waals surface area contributed by atoms with E-state index < -0.39 is 0 Å². The summed E-state index contributed by atoms with van der Waals surface area (Å²) >= 11 is 6.43. The Labute approximate surface area is 187 Å². The van der Waals surface area contributed by atoms with Crippen molar-refractivity contribution in [2.45, 2.75) is 25.9 Å². The number of aromatic amines is 1. The molecule has 0 atom stereocenters. The van der Waals surface area contributed by atoms with E-state index in [0.29, 0.717) is 0 Å². The predicted octanol–water partition coefficient (Wildman–Crippen LogP) is 6.32. The Morgan fingerprint density at radius 2 is 1.90 bits per heavy atom. The maximum absolute atomic E-state index is 6.43. The monoisotopic (exact) mass is 432 g/mol. The van der Waals surface area contributed by atoms with Crippen LogP contribution < -0.4 is 15.0 Å². The summed E-state index contributed by atoms with van der Waals surface area (Å²) in [5.74, 6) is 1.80. The second-order valence-electron chi connectivity index (χ2n) is 7.94.